The first-order chi connectivity index (χ1) is 14.1. The molecule has 0 saturated carbocycles. The highest BCUT2D eigenvalue weighted by atomic mass is 32.1. The normalized spacial score (nSPS) is 18.4. The quantitative estimate of drug-likeness (QED) is 0.479. The van der Waals surface area contributed by atoms with Gasteiger partial charge >= 0.3 is 0 Å². The van der Waals surface area contributed by atoms with Crippen LogP contribution in [0.2, 0.25) is 0 Å². The van der Waals surface area contributed by atoms with Gasteiger partial charge in [0.05, 0.1) is 12.8 Å². The van der Waals surface area contributed by atoms with Crippen molar-refractivity contribution < 1.29 is 14.3 Å². The maximum absolute atomic E-state index is 13.1. The molecule has 2 aromatic rings. The van der Waals surface area contributed by atoms with Gasteiger partial charge in [0.15, 0.2) is 5.11 Å². The standard InChI is InChI=1S/C22H21N3O3S/c1-28-18-6-4-5-17(14-18)25-21(27)19(20(26)23-22(25)29)13-15-7-9-16(10-8-15)24-11-2-3-12-24/h4-10,13-14H,2-3,11-12H2,1H3,(H,23,26,29)/b19-13+. The van der Waals surface area contributed by atoms with Gasteiger partial charge in [0.25, 0.3) is 11.8 Å². The molecule has 2 aliphatic rings. The van der Waals surface area contributed by atoms with Crippen molar-refractivity contribution in [1.82, 2.24) is 5.32 Å². The van der Waals surface area contributed by atoms with E-state index in [1.54, 1.807) is 37.5 Å². The summed E-state index contributed by atoms with van der Waals surface area (Å²) in [4.78, 5) is 29.2. The molecule has 2 aromatic carbocycles. The molecule has 0 aliphatic carbocycles. The number of carbonyl (C=O) groups excluding carboxylic acids is 2. The summed E-state index contributed by atoms with van der Waals surface area (Å²) < 4.78 is 5.23. The van der Waals surface area contributed by atoms with Gasteiger partial charge in [-0.2, -0.15) is 0 Å². The molecule has 4 rings (SSSR count). The molecule has 148 valence electrons. The fourth-order valence-electron chi connectivity index (χ4n) is 3.56. The van der Waals surface area contributed by atoms with Gasteiger partial charge in [0, 0.05) is 24.8 Å². The van der Waals surface area contributed by atoms with Gasteiger partial charge in [-0.1, -0.05) is 18.2 Å². The molecule has 0 radical (unpaired) electrons. The highest BCUT2D eigenvalue weighted by Gasteiger charge is 2.34. The van der Waals surface area contributed by atoms with E-state index in [2.05, 4.69) is 10.2 Å². The molecule has 6 nitrogen and oxygen atoms in total. The van der Waals surface area contributed by atoms with Crippen molar-refractivity contribution in [1.29, 1.82) is 0 Å². The molecule has 7 heteroatoms. The van der Waals surface area contributed by atoms with Crippen LogP contribution in [0.25, 0.3) is 6.08 Å². The number of rotatable bonds is 4. The molecular formula is C22H21N3O3S. The van der Waals surface area contributed by atoms with Gasteiger partial charge in [-0.25, -0.2) is 0 Å². The van der Waals surface area contributed by atoms with Crippen molar-refractivity contribution in [2.45, 2.75) is 12.8 Å². The second kappa shape index (κ2) is 8.05. The van der Waals surface area contributed by atoms with Gasteiger partial charge in [-0.15, -0.1) is 0 Å². The van der Waals surface area contributed by atoms with Gasteiger partial charge in [-0.05, 0) is 61.0 Å². The summed E-state index contributed by atoms with van der Waals surface area (Å²) in [7, 11) is 1.55. The molecule has 1 N–H and O–H groups in total. The number of benzene rings is 2. The van der Waals surface area contributed by atoms with E-state index in [-0.39, 0.29) is 10.7 Å². The van der Waals surface area contributed by atoms with E-state index in [9.17, 15) is 9.59 Å². The Balaban J connectivity index is 1.62. The van der Waals surface area contributed by atoms with Crippen LogP contribution in [0.4, 0.5) is 11.4 Å². The lowest BCUT2D eigenvalue weighted by atomic mass is 10.1. The Hall–Kier alpha value is -3.19. The predicted molar refractivity (Wildman–Crippen MR) is 117 cm³/mol. The molecule has 0 spiro atoms. The number of thiocarbonyl (C=S) groups is 1. The van der Waals surface area contributed by atoms with Gasteiger partial charge in [0.2, 0.25) is 0 Å². The van der Waals surface area contributed by atoms with Crippen LogP contribution in [0.5, 0.6) is 5.75 Å². The fraction of sp³-hybridized carbons (Fsp3) is 0.227. The molecule has 2 aliphatic heterocycles. The summed E-state index contributed by atoms with van der Waals surface area (Å²) in [6, 6.07) is 14.9. The fourth-order valence-corrected chi connectivity index (χ4v) is 3.85. The number of methoxy groups -OCH3 is 1. The molecule has 2 saturated heterocycles. The van der Waals surface area contributed by atoms with E-state index >= 15 is 0 Å². The number of hydrogen-bond donors (Lipinski definition) is 1. The van der Waals surface area contributed by atoms with E-state index in [0.29, 0.717) is 11.4 Å². The summed E-state index contributed by atoms with van der Waals surface area (Å²) in [5, 5.41) is 2.65. The molecule has 29 heavy (non-hydrogen) atoms. The summed E-state index contributed by atoms with van der Waals surface area (Å²) in [6.45, 7) is 2.13. The largest absolute Gasteiger partial charge is 0.497 e. The zero-order chi connectivity index (χ0) is 20.4. The highest BCUT2D eigenvalue weighted by molar-refractivity contribution is 7.80. The number of nitrogens with one attached hydrogen (secondary N) is 1. The zero-order valence-corrected chi connectivity index (χ0v) is 16.9. The molecule has 0 unspecified atom stereocenters. The van der Waals surface area contributed by atoms with E-state index < -0.39 is 11.8 Å². The predicted octanol–water partition coefficient (Wildman–Crippen LogP) is 3.13. The third kappa shape index (κ3) is 3.86. The van der Waals surface area contributed by atoms with Crippen LogP contribution in [0.15, 0.2) is 54.1 Å². The molecule has 2 heterocycles. The third-order valence-electron chi connectivity index (χ3n) is 5.09. The van der Waals surface area contributed by atoms with Crippen molar-refractivity contribution >= 4 is 46.6 Å². The smallest absolute Gasteiger partial charge is 0.270 e. The van der Waals surface area contributed by atoms with Crippen molar-refractivity contribution in [3.8, 4) is 5.75 Å². The average Bonchev–Trinajstić information content (AvgIpc) is 3.26. The minimum absolute atomic E-state index is 0.0374. The van der Waals surface area contributed by atoms with Crippen molar-refractivity contribution in [2.24, 2.45) is 0 Å². The molecule has 2 amide bonds. The number of amides is 2. The Labute approximate surface area is 174 Å². The average molecular weight is 407 g/mol. The number of nitrogens with zero attached hydrogens (tertiary/aromatic N) is 2. The molecule has 0 bridgehead atoms. The third-order valence-corrected chi connectivity index (χ3v) is 5.37. The first-order valence-electron chi connectivity index (χ1n) is 9.47. The lowest BCUT2D eigenvalue weighted by Gasteiger charge is -2.29. The number of anilines is 2. The number of ether oxygens (including phenoxy) is 1. The Morgan fingerprint density at radius 2 is 1.76 bits per heavy atom. The summed E-state index contributed by atoms with van der Waals surface area (Å²) in [5.74, 6) is -0.364. The van der Waals surface area contributed by atoms with Crippen molar-refractivity contribution in [3.05, 3.63) is 59.7 Å². The SMILES string of the molecule is COc1cccc(N2C(=O)/C(=C/c3ccc(N4CCCC4)cc3)C(=O)NC2=S)c1. The van der Waals surface area contributed by atoms with Crippen LogP contribution in [0.3, 0.4) is 0 Å². The molecule has 0 atom stereocenters. The Morgan fingerprint density at radius 3 is 2.45 bits per heavy atom. The monoisotopic (exact) mass is 407 g/mol. The lowest BCUT2D eigenvalue weighted by Crippen LogP contribution is -2.54. The summed E-state index contributed by atoms with van der Waals surface area (Å²) in [6.07, 6.45) is 4.02. The van der Waals surface area contributed by atoms with Crippen LogP contribution in [0, 0.1) is 0 Å². The topological polar surface area (TPSA) is 61.9 Å². The van der Waals surface area contributed by atoms with Crippen LogP contribution in [-0.2, 0) is 9.59 Å². The number of carbonyl (C=O) groups is 2. The number of hydrogen-bond acceptors (Lipinski definition) is 5. The lowest BCUT2D eigenvalue weighted by molar-refractivity contribution is -0.122. The van der Waals surface area contributed by atoms with Gasteiger partial charge in [0.1, 0.15) is 11.3 Å². The minimum Gasteiger partial charge on any atom is -0.497 e. The second-order valence-electron chi connectivity index (χ2n) is 6.95. The molecule has 2 fully saturated rings. The van der Waals surface area contributed by atoms with E-state index in [1.165, 1.54) is 17.7 Å². The maximum Gasteiger partial charge on any atom is 0.270 e. The first-order valence-corrected chi connectivity index (χ1v) is 9.88. The molecule has 0 aromatic heterocycles. The molecular weight excluding hydrogens is 386 g/mol. The van der Waals surface area contributed by atoms with E-state index in [1.807, 2.05) is 24.3 Å². The van der Waals surface area contributed by atoms with Crippen LogP contribution in [-0.4, -0.2) is 37.1 Å². The van der Waals surface area contributed by atoms with Crippen LogP contribution < -0.4 is 19.9 Å². The van der Waals surface area contributed by atoms with Crippen molar-refractivity contribution in [2.75, 3.05) is 30.0 Å². The van der Waals surface area contributed by atoms with Crippen LogP contribution in [0.1, 0.15) is 18.4 Å². The summed E-state index contributed by atoms with van der Waals surface area (Å²) in [5.41, 5.74) is 2.51. The van der Waals surface area contributed by atoms with Gasteiger partial charge < -0.3 is 9.64 Å². The Kier molecular flexibility index (Phi) is 5.31. The van der Waals surface area contributed by atoms with E-state index in [4.69, 9.17) is 17.0 Å². The Morgan fingerprint density at radius 1 is 1.03 bits per heavy atom. The summed E-state index contributed by atoms with van der Waals surface area (Å²) >= 11 is 5.24. The minimum atomic E-state index is -0.497. The first kappa shape index (κ1) is 19.1. The van der Waals surface area contributed by atoms with Gasteiger partial charge in [-0.3, -0.25) is 19.8 Å². The Bertz CT molecular complexity index is 995. The van der Waals surface area contributed by atoms with E-state index in [0.717, 1.165) is 24.3 Å². The highest BCUT2D eigenvalue weighted by Crippen LogP contribution is 2.26. The maximum atomic E-state index is 13.1. The van der Waals surface area contributed by atoms with Crippen molar-refractivity contribution in [3.63, 3.8) is 0 Å². The van der Waals surface area contributed by atoms with Crippen LogP contribution >= 0.6 is 12.2 Å². The zero-order valence-electron chi connectivity index (χ0n) is 16.1. The second-order valence-corrected chi connectivity index (χ2v) is 7.33.